The molecule has 0 amide bonds. The van der Waals surface area contributed by atoms with Gasteiger partial charge in [0.2, 0.25) is 0 Å². The van der Waals surface area contributed by atoms with E-state index in [4.69, 9.17) is 0 Å². The number of hydrogen-bond donors (Lipinski definition) is 0. The Bertz CT molecular complexity index is 484. The van der Waals surface area contributed by atoms with Crippen molar-refractivity contribution < 1.29 is 0 Å². The fourth-order valence-electron chi connectivity index (χ4n) is 1.51. The second-order valence-electron chi connectivity index (χ2n) is 3.62. The van der Waals surface area contributed by atoms with Gasteiger partial charge in [-0.25, -0.2) is 0 Å². The minimum Gasteiger partial charge on any atom is -0.157 e. The first kappa shape index (κ1) is 9.65. The number of hydrogen-bond acceptors (Lipinski definition) is 2. The van der Waals surface area contributed by atoms with Crippen molar-refractivity contribution in [3.8, 4) is 5.69 Å². The van der Waals surface area contributed by atoms with Crippen LogP contribution in [0.2, 0.25) is 0 Å². The highest BCUT2D eigenvalue weighted by atomic mass is 15.5. The van der Waals surface area contributed by atoms with Gasteiger partial charge in [-0.3, -0.25) is 0 Å². The van der Waals surface area contributed by atoms with Crippen LogP contribution in [0.15, 0.2) is 37.2 Å². The standard InChI is InChI=1S/C12H13N3/c1-9(2)11-8-10(3)4-5-12(11)15-13-6-7-14-15/h4-8H,1H2,2-3H3. The second-order valence-corrected chi connectivity index (χ2v) is 3.62. The van der Waals surface area contributed by atoms with E-state index in [1.807, 2.05) is 19.1 Å². The van der Waals surface area contributed by atoms with Gasteiger partial charge in [0.05, 0.1) is 18.1 Å². The highest BCUT2D eigenvalue weighted by molar-refractivity contribution is 5.69. The van der Waals surface area contributed by atoms with Crippen molar-refractivity contribution in [1.29, 1.82) is 0 Å². The smallest absolute Gasteiger partial charge is 0.0931 e. The van der Waals surface area contributed by atoms with Crippen molar-refractivity contribution in [3.63, 3.8) is 0 Å². The first-order valence-electron chi connectivity index (χ1n) is 4.81. The van der Waals surface area contributed by atoms with E-state index in [-0.39, 0.29) is 0 Å². The molecule has 1 aromatic heterocycles. The summed E-state index contributed by atoms with van der Waals surface area (Å²) in [6.07, 6.45) is 3.34. The molecule has 0 saturated heterocycles. The molecule has 0 radical (unpaired) electrons. The van der Waals surface area contributed by atoms with Gasteiger partial charge in [-0.05, 0) is 31.6 Å². The molecule has 0 unspecified atom stereocenters. The Labute approximate surface area is 89.1 Å². The summed E-state index contributed by atoms with van der Waals surface area (Å²) in [6, 6.07) is 6.16. The minimum atomic E-state index is 0.970. The Kier molecular flexibility index (Phi) is 2.37. The molecule has 0 saturated carbocycles. The lowest BCUT2D eigenvalue weighted by Gasteiger charge is -2.08. The normalized spacial score (nSPS) is 10.3. The first-order valence-corrected chi connectivity index (χ1v) is 4.81. The van der Waals surface area contributed by atoms with Crippen LogP contribution in [-0.4, -0.2) is 15.0 Å². The van der Waals surface area contributed by atoms with E-state index in [9.17, 15) is 0 Å². The summed E-state index contributed by atoms with van der Waals surface area (Å²) in [5, 5.41) is 8.25. The van der Waals surface area contributed by atoms with Gasteiger partial charge in [0.25, 0.3) is 0 Å². The highest BCUT2D eigenvalue weighted by Crippen LogP contribution is 2.21. The molecule has 2 aromatic rings. The monoisotopic (exact) mass is 199 g/mol. The van der Waals surface area contributed by atoms with E-state index >= 15 is 0 Å². The molecule has 3 nitrogen and oxygen atoms in total. The Morgan fingerprint density at radius 2 is 1.93 bits per heavy atom. The maximum Gasteiger partial charge on any atom is 0.0931 e. The molecule has 76 valence electrons. The Balaban J connectivity index is 2.61. The Morgan fingerprint density at radius 3 is 2.53 bits per heavy atom. The van der Waals surface area contributed by atoms with Crippen LogP contribution in [-0.2, 0) is 0 Å². The quantitative estimate of drug-likeness (QED) is 0.744. The maximum absolute atomic E-state index is 4.12. The lowest BCUT2D eigenvalue weighted by atomic mass is 10.0. The van der Waals surface area contributed by atoms with Crippen LogP contribution in [0.5, 0.6) is 0 Å². The molecule has 0 bridgehead atoms. The van der Waals surface area contributed by atoms with Crippen molar-refractivity contribution >= 4 is 5.57 Å². The largest absolute Gasteiger partial charge is 0.157 e. The molecule has 0 spiro atoms. The molecule has 0 N–H and O–H groups in total. The maximum atomic E-state index is 4.12. The van der Waals surface area contributed by atoms with E-state index in [0.29, 0.717) is 0 Å². The molecular weight excluding hydrogens is 186 g/mol. The SMILES string of the molecule is C=C(C)c1cc(C)ccc1-n1nccn1. The molecule has 1 heterocycles. The number of benzene rings is 1. The van der Waals surface area contributed by atoms with Crippen molar-refractivity contribution in [1.82, 2.24) is 15.0 Å². The molecular formula is C12H13N3. The molecule has 2 rings (SSSR count). The van der Waals surface area contributed by atoms with Crippen molar-refractivity contribution in [2.24, 2.45) is 0 Å². The summed E-state index contributed by atoms with van der Waals surface area (Å²) in [6.45, 7) is 8.02. The summed E-state index contributed by atoms with van der Waals surface area (Å²) < 4.78 is 0. The third-order valence-electron chi connectivity index (χ3n) is 2.25. The second kappa shape index (κ2) is 3.69. The van der Waals surface area contributed by atoms with E-state index in [0.717, 1.165) is 16.8 Å². The predicted octanol–water partition coefficient (Wildman–Crippen LogP) is 2.61. The van der Waals surface area contributed by atoms with Gasteiger partial charge < -0.3 is 0 Å². The van der Waals surface area contributed by atoms with Gasteiger partial charge in [0.1, 0.15) is 0 Å². The third kappa shape index (κ3) is 1.81. The number of aromatic nitrogens is 3. The lowest BCUT2D eigenvalue weighted by molar-refractivity contribution is 0.750. The molecule has 0 fully saturated rings. The third-order valence-corrected chi connectivity index (χ3v) is 2.25. The van der Waals surface area contributed by atoms with Crippen LogP contribution in [0.4, 0.5) is 0 Å². The van der Waals surface area contributed by atoms with Gasteiger partial charge >= 0.3 is 0 Å². The van der Waals surface area contributed by atoms with Crippen molar-refractivity contribution in [2.45, 2.75) is 13.8 Å². The Hall–Kier alpha value is -1.90. The summed E-state index contributed by atoms with van der Waals surface area (Å²) in [4.78, 5) is 1.61. The van der Waals surface area contributed by atoms with E-state index < -0.39 is 0 Å². The zero-order valence-corrected chi connectivity index (χ0v) is 8.94. The van der Waals surface area contributed by atoms with Crippen molar-refractivity contribution in [2.75, 3.05) is 0 Å². The highest BCUT2D eigenvalue weighted by Gasteiger charge is 2.06. The van der Waals surface area contributed by atoms with Gasteiger partial charge in [-0.2, -0.15) is 15.0 Å². The predicted molar refractivity (Wildman–Crippen MR) is 60.8 cm³/mol. The number of nitrogens with zero attached hydrogens (tertiary/aromatic N) is 3. The summed E-state index contributed by atoms with van der Waals surface area (Å²) in [5.41, 5.74) is 4.29. The van der Waals surface area contributed by atoms with Crippen LogP contribution in [0, 0.1) is 6.92 Å². The fourth-order valence-corrected chi connectivity index (χ4v) is 1.51. The topological polar surface area (TPSA) is 30.7 Å². The molecule has 15 heavy (non-hydrogen) atoms. The van der Waals surface area contributed by atoms with Gasteiger partial charge in [-0.15, -0.1) is 0 Å². The van der Waals surface area contributed by atoms with Crippen LogP contribution >= 0.6 is 0 Å². The van der Waals surface area contributed by atoms with E-state index in [1.165, 1.54) is 5.56 Å². The zero-order chi connectivity index (χ0) is 10.8. The molecule has 0 aliphatic carbocycles. The van der Waals surface area contributed by atoms with Gasteiger partial charge in [0.15, 0.2) is 0 Å². The van der Waals surface area contributed by atoms with Crippen LogP contribution in [0.25, 0.3) is 11.3 Å². The van der Waals surface area contributed by atoms with E-state index in [2.05, 4.69) is 29.8 Å². The fraction of sp³-hybridized carbons (Fsp3) is 0.167. The van der Waals surface area contributed by atoms with Crippen molar-refractivity contribution in [3.05, 3.63) is 48.3 Å². The molecule has 0 aliphatic heterocycles. The number of aryl methyl sites for hydroxylation is 1. The molecule has 0 atom stereocenters. The summed E-state index contributed by atoms with van der Waals surface area (Å²) >= 11 is 0. The molecule has 1 aromatic carbocycles. The summed E-state index contributed by atoms with van der Waals surface area (Å²) in [7, 11) is 0. The minimum absolute atomic E-state index is 0.970. The number of allylic oxidation sites excluding steroid dienone is 1. The number of rotatable bonds is 2. The van der Waals surface area contributed by atoms with Crippen LogP contribution in [0.3, 0.4) is 0 Å². The molecule has 0 aliphatic rings. The first-order chi connectivity index (χ1) is 7.18. The van der Waals surface area contributed by atoms with E-state index in [1.54, 1.807) is 17.2 Å². The lowest BCUT2D eigenvalue weighted by Crippen LogP contribution is -2.02. The van der Waals surface area contributed by atoms with Crippen LogP contribution < -0.4 is 0 Å². The van der Waals surface area contributed by atoms with Gasteiger partial charge in [0, 0.05) is 5.56 Å². The Morgan fingerprint density at radius 1 is 1.27 bits per heavy atom. The average Bonchev–Trinajstić information content (AvgIpc) is 2.70. The van der Waals surface area contributed by atoms with Gasteiger partial charge in [-0.1, -0.05) is 18.2 Å². The zero-order valence-electron chi connectivity index (χ0n) is 8.94. The summed E-state index contributed by atoms with van der Waals surface area (Å²) in [5.74, 6) is 0. The average molecular weight is 199 g/mol. The van der Waals surface area contributed by atoms with Crippen LogP contribution in [0.1, 0.15) is 18.1 Å². The molecule has 3 heteroatoms.